The lowest BCUT2D eigenvalue weighted by Gasteiger charge is -2.22. The van der Waals surface area contributed by atoms with E-state index >= 15 is 0 Å². The molecule has 0 saturated heterocycles. The lowest BCUT2D eigenvalue weighted by atomic mass is 10.1. The number of ether oxygens (including phenoxy) is 1. The van der Waals surface area contributed by atoms with E-state index in [9.17, 15) is 0 Å². The Morgan fingerprint density at radius 3 is 2.04 bits per heavy atom. The van der Waals surface area contributed by atoms with Crippen molar-refractivity contribution in [2.24, 2.45) is 10.9 Å². The molecule has 1 aliphatic heterocycles. The van der Waals surface area contributed by atoms with Crippen molar-refractivity contribution in [2.75, 3.05) is 6.61 Å². The second-order valence-electron chi connectivity index (χ2n) is 7.55. The molecule has 0 saturated carbocycles. The van der Waals surface area contributed by atoms with Crippen molar-refractivity contribution in [1.82, 2.24) is 0 Å². The zero-order valence-electron chi connectivity index (χ0n) is 16.5. The van der Waals surface area contributed by atoms with Crippen molar-refractivity contribution < 1.29 is 4.74 Å². The van der Waals surface area contributed by atoms with Gasteiger partial charge >= 0.3 is 0 Å². The molecule has 0 aliphatic carbocycles. The fraction of sp³-hybridized carbons (Fsp3) is 0.240. The first kappa shape index (κ1) is 18.9. The van der Waals surface area contributed by atoms with E-state index in [0.717, 1.165) is 17.9 Å². The summed E-state index contributed by atoms with van der Waals surface area (Å²) in [5.41, 5.74) is 1.13. The molecule has 4 rings (SSSR count). The van der Waals surface area contributed by atoms with Crippen molar-refractivity contribution in [1.29, 1.82) is 0 Å². The molecule has 3 aromatic carbocycles. The van der Waals surface area contributed by atoms with Gasteiger partial charge in [0.1, 0.15) is 6.61 Å². The van der Waals surface area contributed by atoms with Gasteiger partial charge in [0.15, 0.2) is 0 Å². The van der Waals surface area contributed by atoms with Gasteiger partial charge in [-0.3, -0.25) is 0 Å². The second-order valence-corrected chi connectivity index (χ2v) is 9.74. The summed E-state index contributed by atoms with van der Waals surface area (Å²) >= 11 is 0. The highest BCUT2D eigenvalue weighted by Gasteiger charge is 2.26. The van der Waals surface area contributed by atoms with Gasteiger partial charge in [0, 0.05) is 5.56 Å². The van der Waals surface area contributed by atoms with E-state index in [1.807, 2.05) is 0 Å². The van der Waals surface area contributed by atoms with Gasteiger partial charge in [0.2, 0.25) is 5.90 Å². The Morgan fingerprint density at radius 1 is 0.857 bits per heavy atom. The SMILES string of the molecule is CC(C)C[C@@H]1COC(c2ccccc2P(c2ccccc2)c2ccccc2)=N1. The highest BCUT2D eigenvalue weighted by atomic mass is 31.1. The molecule has 0 fully saturated rings. The van der Waals surface area contributed by atoms with Crippen LogP contribution in [-0.4, -0.2) is 18.5 Å². The number of nitrogens with zero attached hydrogens (tertiary/aromatic N) is 1. The Hall–Kier alpha value is -2.44. The third-order valence-electron chi connectivity index (χ3n) is 4.86. The number of hydrogen-bond acceptors (Lipinski definition) is 2. The summed E-state index contributed by atoms with van der Waals surface area (Å²) in [6.07, 6.45) is 1.07. The average Bonchev–Trinajstić information content (AvgIpc) is 3.18. The van der Waals surface area contributed by atoms with Crippen LogP contribution in [0.15, 0.2) is 89.9 Å². The van der Waals surface area contributed by atoms with E-state index in [0.29, 0.717) is 12.5 Å². The Bertz CT molecular complexity index is 898. The molecule has 1 heterocycles. The van der Waals surface area contributed by atoms with E-state index in [-0.39, 0.29) is 6.04 Å². The van der Waals surface area contributed by atoms with Crippen LogP contribution in [0.25, 0.3) is 0 Å². The Balaban J connectivity index is 1.79. The molecular formula is C25H26NOP. The second kappa shape index (κ2) is 8.71. The third-order valence-corrected chi connectivity index (χ3v) is 7.36. The van der Waals surface area contributed by atoms with E-state index in [4.69, 9.17) is 9.73 Å². The summed E-state index contributed by atoms with van der Waals surface area (Å²) < 4.78 is 6.08. The predicted octanol–water partition coefficient (Wildman–Crippen LogP) is 4.64. The maximum atomic E-state index is 6.08. The minimum atomic E-state index is -0.675. The van der Waals surface area contributed by atoms with Crippen LogP contribution in [0.5, 0.6) is 0 Å². The molecule has 0 N–H and O–H groups in total. The van der Waals surface area contributed by atoms with E-state index in [1.165, 1.54) is 15.9 Å². The van der Waals surface area contributed by atoms with Crippen molar-refractivity contribution >= 4 is 29.7 Å². The molecule has 28 heavy (non-hydrogen) atoms. The summed E-state index contributed by atoms with van der Waals surface area (Å²) in [6, 6.07) is 30.5. The summed E-state index contributed by atoms with van der Waals surface area (Å²) in [4.78, 5) is 4.93. The zero-order chi connectivity index (χ0) is 19.3. The van der Waals surface area contributed by atoms with Crippen LogP contribution in [0.4, 0.5) is 0 Å². The fourth-order valence-corrected chi connectivity index (χ4v) is 6.10. The van der Waals surface area contributed by atoms with Gasteiger partial charge in [-0.1, -0.05) is 92.7 Å². The van der Waals surface area contributed by atoms with Crippen LogP contribution in [-0.2, 0) is 4.74 Å². The molecule has 0 unspecified atom stereocenters. The minimum Gasteiger partial charge on any atom is -0.475 e. The van der Waals surface area contributed by atoms with Crippen LogP contribution in [0.1, 0.15) is 25.8 Å². The molecule has 0 amide bonds. The van der Waals surface area contributed by atoms with Crippen LogP contribution in [0.2, 0.25) is 0 Å². The Labute approximate surface area is 169 Å². The molecule has 2 nitrogen and oxygen atoms in total. The van der Waals surface area contributed by atoms with E-state index < -0.39 is 7.92 Å². The van der Waals surface area contributed by atoms with Gasteiger partial charge in [0.25, 0.3) is 0 Å². The summed E-state index contributed by atoms with van der Waals surface area (Å²) in [6.45, 7) is 5.17. The van der Waals surface area contributed by atoms with Gasteiger partial charge in [0.05, 0.1) is 6.04 Å². The van der Waals surface area contributed by atoms with Crippen LogP contribution in [0.3, 0.4) is 0 Å². The summed E-state index contributed by atoms with van der Waals surface area (Å²) in [5.74, 6) is 1.43. The lowest BCUT2D eigenvalue weighted by Crippen LogP contribution is -2.25. The monoisotopic (exact) mass is 387 g/mol. The highest BCUT2D eigenvalue weighted by Crippen LogP contribution is 2.34. The van der Waals surface area contributed by atoms with E-state index in [2.05, 4.69) is 98.8 Å². The number of rotatable bonds is 6. The largest absolute Gasteiger partial charge is 0.475 e. The van der Waals surface area contributed by atoms with Gasteiger partial charge in [-0.2, -0.15) is 0 Å². The molecule has 0 spiro atoms. The first-order chi connectivity index (χ1) is 13.7. The Morgan fingerprint density at radius 2 is 1.43 bits per heavy atom. The third kappa shape index (κ3) is 4.18. The average molecular weight is 387 g/mol. The maximum Gasteiger partial charge on any atom is 0.217 e. The molecule has 3 aromatic rings. The first-order valence-electron chi connectivity index (χ1n) is 9.92. The lowest BCUT2D eigenvalue weighted by molar-refractivity contribution is 0.301. The minimum absolute atomic E-state index is 0.266. The van der Waals surface area contributed by atoms with Crippen molar-refractivity contribution in [2.45, 2.75) is 26.3 Å². The quantitative estimate of drug-likeness (QED) is 0.565. The van der Waals surface area contributed by atoms with Crippen molar-refractivity contribution in [3.8, 4) is 0 Å². The molecule has 3 heteroatoms. The van der Waals surface area contributed by atoms with Crippen LogP contribution in [0, 0.1) is 5.92 Å². The van der Waals surface area contributed by atoms with Gasteiger partial charge in [-0.25, -0.2) is 4.99 Å². The highest BCUT2D eigenvalue weighted by molar-refractivity contribution is 7.80. The molecule has 1 atom stereocenters. The first-order valence-corrected chi connectivity index (χ1v) is 11.3. The molecule has 1 aliphatic rings. The van der Waals surface area contributed by atoms with Crippen LogP contribution >= 0.6 is 7.92 Å². The zero-order valence-corrected chi connectivity index (χ0v) is 17.3. The molecule has 0 radical (unpaired) electrons. The normalized spacial score (nSPS) is 16.3. The topological polar surface area (TPSA) is 21.6 Å². The number of benzene rings is 3. The van der Waals surface area contributed by atoms with Crippen molar-refractivity contribution in [3.63, 3.8) is 0 Å². The van der Waals surface area contributed by atoms with Crippen molar-refractivity contribution in [3.05, 3.63) is 90.5 Å². The molecular weight excluding hydrogens is 361 g/mol. The maximum absolute atomic E-state index is 6.08. The number of aliphatic imine (C=N–C) groups is 1. The number of hydrogen-bond donors (Lipinski definition) is 0. The van der Waals surface area contributed by atoms with Gasteiger partial charge in [-0.15, -0.1) is 0 Å². The summed E-state index contributed by atoms with van der Waals surface area (Å²) in [5, 5.41) is 3.99. The molecule has 0 bridgehead atoms. The molecule has 0 aromatic heterocycles. The predicted molar refractivity (Wildman–Crippen MR) is 121 cm³/mol. The van der Waals surface area contributed by atoms with Gasteiger partial charge < -0.3 is 4.74 Å². The summed E-state index contributed by atoms with van der Waals surface area (Å²) in [7, 11) is -0.675. The molecule has 142 valence electrons. The standard InChI is InChI=1S/C25H26NOP/c1-19(2)17-20-18-27-25(26-20)23-15-9-10-16-24(23)28(21-11-5-3-6-12-21)22-13-7-4-8-14-22/h3-16,19-20H,17-18H2,1-2H3/t20-/m1/s1. The smallest absolute Gasteiger partial charge is 0.217 e. The fourth-order valence-electron chi connectivity index (χ4n) is 3.66. The Kier molecular flexibility index (Phi) is 5.88. The van der Waals surface area contributed by atoms with Gasteiger partial charge in [-0.05, 0) is 42.2 Å². The van der Waals surface area contributed by atoms with Crippen LogP contribution < -0.4 is 15.9 Å². The van der Waals surface area contributed by atoms with E-state index in [1.54, 1.807) is 0 Å².